The van der Waals surface area contributed by atoms with Gasteiger partial charge in [-0.15, -0.1) is 11.8 Å². The number of nitrogens with zero attached hydrogens (tertiary/aromatic N) is 1. The molecule has 1 aromatic carbocycles. The first-order chi connectivity index (χ1) is 12.1. The second-order valence-corrected chi connectivity index (χ2v) is 9.97. The Hall–Kier alpha value is -1.58. The molecule has 1 fully saturated rings. The maximum absolute atomic E-state index is 13.0. The average molecular weight is 401 g/mol. The van der Waals surface area contributed by atoms with Crippen LogP contribution < -0.4 is 5.32 Å². The predicted octanol–water partition coefficient (Wildman–Crippen LogP) is 1.60. The van der Waals surface area contributed by atoms with Crippen molar-refractivity contribution in [1.29, 1.82) is 0 Å². The predicted molar refractivity (Wildman–Crippen MR) is 100 cm³/mol. The summed E-state index contributed by atoms with van der Waals surface area (Å²) in [4.78, 5) is 24.8. The molecule has 0 aromatic heterocycles. The number of carbonyl (C=O) groups is 2. The van der Waals surface area contributed by atoms with Crippen LogP contribution in [-0.2, 0) is 24.3 Å². The van der Waals surface area contributed by atoms with Crippen LogP contribution in [-0.4, -0.2) is 54.4 Å². The first kappa shape index (κ1) is 20.7. The molecule has 144 valence electrons. The van der Waals surface area contributed by atoms with Gasteiger partial charge in [0.15, 0.2) is 0 Å². The molecule has 0 spiro atoms. The van der Waals surface area contributed by atoms with Crippen LogP contribution in [0, 0.1) is 0 Å². The van der Waals surface area contributed by atoms with Gasteiger partial charge >= 0.3 is 5.97 Å². The van der Waals surface area contributed by atoms with Crippen molar-refractivity contribution >= 4 is 33.7 Å². The number of sulfonamides is 1. The second-order valence-electron chi connectivity index (χ2n) is 6.48. The van der Waals surface area contributed by atoms with E-state index in [1.165, 1.54) is 35.3 Å². The molecule has 7 nitrogen and oxygen atoms in total. The van der Waals surface area contributed by atoms with Crippen LogP contribution in [0.15, 0.2) is 35.2 Å². The van der Waals surface area contributed by atoms with Crippen molar-refractivity contribution in [2.75, 3.05) is 13.0 Å². The summed E-state index contributed by atoms with van der Waals surface area (Å²) in [6.45, 7) is 5.39. The maximum atomic E-state index is 13.0. The lowest BCUT2D eigenvalue weighted by Crippen LogP contribution is -2.56. The van der Waals surface area contributed by atoms with E-state index in [0.29, 0.717) is 6.42 Å². The minimum atomic E-state index is -3.84. The van der Waals surface area contributed by atoms with Gasteiger partial charge < -0.3 is 10.1 Å². The van der Waals surface area contributed by atoms with Crippen molar-refractivity contribution in [3.05, 3.63) is 30.3 Å². The number of thioether (sulfide) groups is 1. The first-order valence-corrected chi connectivity index (χ1v) is 10.7. The highest BCUT2D eigenvalue weighted by atomic mass is 32.2. The molecule has 2 rings (SSSR count). The second kappa shape index (κ2) is 7.98. The van der Waals surface area contributed by atoms with Crippen LogP contribution in [0.4, 0.5) is 0 Å². The molecule has 26 heavy (non-hydrogen) atoms. The Morgan fingerprint density at radius 3 is 2.50 bits per heavy atom. The summed E-state index contributed by atoms with van der Waals surface area (Å²) in [5, 5.41) is 2.64. The van der Waals surface area contributed by atoms with Crippen molar-refractivity contribution in [1.82, 2.24) is 9.62 Å². The fourth-order valence-corrected chi connectivity index (χ4v) is 6.02. The number of rotatable bonds is 6. The van der Waals surface area contributed by atoms with Gasteiger partial charge in [-0.2, -0.15) is 4.31 Å². The highest BCUT2D eigenvalue weighted by Gasteiger charge is 2.51. The largest absolute Gasteiger partial charge is 0.467 e. The van der Waals surface area contributed by atoms with Gasteiger partial charge in [0.1, 0.15) is 12.1 Å². The quantitative estimate of drug-likeness (QED) is 0.729. The van der Waals surface area contributed by atoms with Crippen LogP contribution in [0.25, 0.3) is 0 Å². The SMILES string of the molecule is CCC(NC(=O)C1N(S(=O)(=O)c2ccccc2)CSC1(C)C)C(=O)OC. The standard InChI is InChI=1S/C17H24N2O5S2/c1-5-13(16(21)24-4)18-15(20)14-17(2,3)25-11-19(14)26(22,23)12-9-7-6-8-10-12/h6-10,13-14H,5,11H2,1-4H3,(H,18,20). The van der Waals surface area contributed by atoms with E-state index in [2.05, 4.69) is 5.32 Å². The Balaban J connectivity index is 2.34. The molecule has 1 saturated heterocycles. The molecule has 1 amide bonds. The summed E-state index contributed by atoms with van der Waals surface area (Å²) in [7, 11) is -2.59. The van der Waals surface area contributed by atoms with Gasteiger partial charge in [0.05, 0.1) is 17.9 Å². The average Bonchev–Trinajstić information content (AvgIpc) is 2.95. The number of esters is 1. The number of hydrogen-bond acceptors (Lipinski definition) is 6. The molecule has 1 aliphatic heterocycles. The zero-order chi connectivity index (χ0) is 19.5. The summed E-state index contributed by atoms with van der Waals surface area (Å²) in [5.41, 5.74) is 0. The molecule has 2 unspecified atom stereocenters. The summed E-state index contributed by atoms with van der Waals surface area (Å²) < 4.78 is 31.3. The van der Waals surface area contributed by atoms with E-state index in [-0.39, 0.29) is 10.8 Å². The Bertz CT molecular complexity index is 765. The molecule has 1 N–H and O–H groups in total. The van der Waals surface area contributed by atoms with Crippen LogP contribution in [0.3, 0.4) is 0 Å². The van der Waals surface area contributed by atoms with Crippen LogP contribution in [0.2, 0.25) is 0 Å². The van der Waals surface area contributed by atoms with E-state index in [9.17, 15) is 18.0 Å². The Morgan fingerprint density at radius 2 is 1.96 bits per heavy atom. The fraction of sp³-hybridized carbons (Fsp3) is 0.529. The molecule has 1 aromatic rings. The number of methoxy groups -OCH3 is 1. The van der Waals surface area contributed by atoms with E-state index in [4.69, 9.17) is 4.74 Å². The zero-order valence-electron chi connectivity index (χ0n) is 15.3. The molecule has 0 aliphatic carbocycles. The molecule has 0 saturated carbocycles. The van der Waals surface area contributed by atoms with Crippen LogP contribution >= 0.6 is 11.8 Å². The molecule has 0 radical (unpaired) electrons. The van der Waals surface area contributed by atoms with E-state index in [1.807, 2.05) is 13.8 Å². The zero-order valence-corrected chi connectivity index (χ0v) is 16.9. The summed E-state index contributed by atoms with van der Waals surface area (Å²) in [6.07, 6.45) is 0.351. The minimum Gasteiger partial charge on any atom is -0.467 e. The molecule has 2 atom stereocenters. The maximum Gasteiger partial charge on any atom is 0.328 e. The van der Waals surface area contributed by atoms with Gasteiger partial charge in [-0.05, 0) is 32.4 Å². The topological polar surface area (TPSA) is 92.8 Å². The molecule has 9 heteroatoms. The van der Waals surface area contributed by atoms with Gasteiger partial charge in [-0.1, -0.05) is 25.1 Å². The molecule has 1 heterocycles. The Morgan fingerprint density at radius 1 is 1.35 bits per heavy atom. The Kier molecular flexibility index (Phi) is 6.36. The lowest BCUT2D eigenvalue weighted by molar-refractivity contribution is -0.145. The summed E-state index contributed by atoms with van der Waals surface area (Å²) >= 11 is 1.38. The molecule has 1 aliphatic rings. The highest BCUT2D eigenvalue weighted by molar-refractivity contribution is 8.02. The molecular formula is C17H24N2O5S2. The summed E-state index contributed by atoms with van der Waals surface area (Å²) in [6, 6.07) is 6.27. The van der Waals surface area contributed by atoms with Gasteiger partial charge in [-0.3, -0.25) is 4.79 Å². The molecule has 0 bridgehead atoms. The fourth-order valence-electron chi connectivity index (χ4n) is 2.83. The van der Waals surface area contributed by atoms with E-state index in [1.54, 1.807) is 25.1 Å². The van der Waals surface area contributed by atoms with Crippen LogP contribution in [0.5, 0.6) is 0 Å². The minimum absolute atomic E-state index is 0.135. The third kappa shape index (κ3) is 4.05. The number of amides is 1. The lowest BCUT2D eigenvalue weighted by atomic mass is 10.0. The smallest absolute Gasteiger partial charge is 0.328 e. The van der Waals surface area contributed by atoms with Crippen LogP contribution in [0.1, 0.15) is 27.2 Å². The number of benzene rings is 1. The van der Waals surface area contributed by atoms with Crippen molar-refractivity contribution in [2.24, 2.45) is 0 Å². The van der Waals surface area contributed by atoms with Gasteiger partial charge in [0.25, 0.3) is 0 Å². The number of nitrogens with one attached hydrogen (secondary N) is 1. The van der Waals surface area contributed by atoms with Gasteiger partial charge in [0, 0.05) is 4.75 Å². The van der Waals surface area contributed by atoms with E-state index < -0.39 is 38.7 Å². The van der Waals surface area contributed by atoms with Gasteiger partial charge in [0.2, 0.25) is 15.9 Å². The summed E-state index contributed by atoms with van der Waals surface area (Å²) in [5.74, 6) is -0.893. The van der Waals surface area contributed by atoms with Gasteiger partial charge in [-0.25, -0.2) is 13.2 Å². The number of carbonyl (C=O) groups excluding carboxylic acids is 2. The third-order valence-corrected chi connectivity index (χ3v) is 7.68. The number of ether oxygens (including phenoxy) is 1. The molecular weight excluding hydrogens is 376 g/mol. The highest BCUT2D eigenvalue weighted by Crippen LogP contribution is 2.42. The number of hydrogen-bond donors (Lipinski definition) is 1. The van der Waals surface area contributed by atoms with Crippen molar-refractivity contribution in [3.8, 4) is 0 Å². The van der Waals surface area contributed by atoms with E-state index in [0.717, 1.165) is 0 Å². The van der Waals surface area contributed by atoms with Crippen molar-refractivity contribution in [3.63, 3.8) is 0 Å². The lowest BCUT2D eigenvalue weighted by Gasteiger charge is -2.30. The van der Waals surface area contributed by atoms with Crippen molar-refractivity contribution < 1.29 is 22.7 Å². The monoisotopic (exact) mass is 400 g/mol. The van der Waals surface area contributed by atoms with E-state index >= 15 is 0 Å². The third-order valence-electron chi connectivity index (χ3n) is 4.32. The normalized spacial score (nSPS) is 21.2. The Labute approximate surface area is 158 Å². The first-order valence-electron chi connectivity index (χ1n) is 8.24. The van der Waals surface area contributed by atoms with Crippen molar-refractivity contribution in [2.45, 2.75) is 48.9 Å².